The van der Waals surface area contributed by atoms with Crippen molar-refractivity contribution in [2.75, 3.05) is 18.0 Å². The second-order valence-corrected chi connectivity index (χ2v) is 7.95. The van der Waals surface area contributed by atoms with Crippen LogP contribution >= 0.6 is 11.8 Å². The van der Waals surface area contributed by atoms with Crippen LogP contribution in [0, 0.1) is 16.6 Å². The molecule has 2 rings (SSSR count). The van der Waals surface area contributed by atoms with Gasteiger partial charge in [-0.25, -0.2) is 4.79 Å². The van der Waals surface area contributed by atoms with Crippen LogP contribution in [0.3, 0.4) is 0 Å². The van der Waals surface area contributed by atoms with Crippen molar-refractivity contribution in [2.24, 2.45) is 5.92 Å². The molecule has 0 spiro atoms. The number of nitriles is 1. The zero-order chi connectivity index (χ0) is 17.7. The summed E-state index contributed by atoms with van der Waals surface area (Å²) in [5.41, 5.74) is 0.477. The molecule has 2 unspecified atom stereocenters. The zero-order valence-corrected chi connectivity index (χ0v) is 15.4. The van der Waals surface area contributed by atoms with Crippen molar-refractivity contribution in [3.05, 3.63) is 18.5 Å². The van der Waals surface area contributed by atoms with E-state index in [-0.39, 0.29) is 12.1 Å². The van der Waals surface area contributed by atoms with Crippen molar-refractivity contribution in [1.82, 2.24) is 10.3 Å². The Hall–Kier alpha value is -1.94. The van der Waals surface area contributed by atoms with E-state index >= 15 is 0 Å². The van der Waals surface area contributed by atoms with E-state index < -0.39 is 5.60 Å². The fraction of sp³-hybridized carbons (Fsp3) is 0.588. The van der Waals surface area contributed by atoms with Crippen LogP contribution in [-0.4, -0.2) is 35.8 Å². The molecule has 2 heterocycles. The highest BCUT2D eigenvalue weighted by Crippen LogP contribution is 2.31. The van der Waals surface area contributed by atoms with Crippen molar-refractivity contribution < 1.29 is 9.53 Å². The third-order valence-electron chi connectivity index (χ3n) is 3.64. The Morgan fingerprint density at radius 3 is 2.92 bits per heavy atom. The molecule has 7 heteroatoms. The molecule has 0 bridgehead atoms. The lowest BCUT2D eigenvalue weighted by Gasteiger charge is -2.38. The molecule has 2 atom stereocenters. The van der Waals surface area contributed by atoms with E-state index in [9.17, 15) is 4.79 Å². The maximum atomic E-state index is 12.0. The van der Waals surface area contributed by atoms with Gasteiger partial charge < -0.3 is 15.0 Å². The Kier molecular flexibility index (Phi) is 5.94. The highest BCUT2D eigenvalue weighted by atomic mass is 32.2. The van der Waals surface area contributed by atoms with E-state index in [1.165, 1.54) is 0 Å². The molecule has 1 N–H and O–H groups in total. The number of thiocyanates is 1. The summed E-state index contributed by atoms with van der Waals surface area (Å²) in [6.07, 6.45) is 3.95. The number of carbonyl (C=O) groups excluding carboxylic acids is 1. The standard InChI is InChI=1S/C17H24N4O2S/c1-12-7-13(20-16(22)23-17(2,3)4)10-21(9-12)14-5-6-19-8-15(14)24-11-18/h5-6,8,12-13H,7,9-10H2,1-4H3,(H,20,22). The van der Waals surface area contributed by atoms with Gasteiger partial charge in [-0.2, -0.15) is 5.26 Å². The number of carbonyl (C=O) groups is 1. The summed E-state index contributed by atoms with van der Waals surface area (Å²) in [5, 5.41) is 14.0. The lowest BCUT2D eigenvalue weighted by atomic mass is 9.95. The first-order valence-electron chi connectivity index (χ1n) is 8.03. The molecule has 0 aromatic carbocycles. The van der Waals surface area contributed by atoms with E-state index in [0.717, 1.165) is 35.3 Å². The van der Waals surface area contributed by atoms with Crippen LogP contribution < -0.4 is 10.2 Å². The van der Waals surface area contributed by atoms with Crippen molar-refractivity contribution in [1.29, 1.82) is 5.26 Å². The summed E-state index contributed by atoms with van der Waals surface area (Å²) < 4.78 is 5.35. The van der Waals surface area contributed by atoms with Gasteiger partial charge in [-0.1, -0.05) is 6.92 Å². The first kappa shape index (κ1) is 18.4. The van der Waals surface area contributed by atoms with E-state index in [2.05, 4.69) is 27.5 Å². The topological polar surface area (TPSA) is 78.2 Å². The Bertz CT molecular complexity index is 624. The van der Waals surface area contributed by atoms with E-state index in [4.69, 9.17) is 10.00 Å². The maximum absolute atomic E-state index is 12.0. The van der Waals surface area contributed by atoms with Crippen molar-refractivity contribution in [2.45, 2.75) is 50.7 Å². The van der Waals surface area contributed by atoms with Crippen LogP contribution in [0.2, 0.25) is 0 Å². The lowest BCUT2D eigenvalue weighted by molar-refractivity contribution is 0.0495. The van der Waals surface area contributed by atoms with Crippen LogP contribution in [-0.2, 0) is 4.74 Å². The van der Waals surface area contributed by atoms with Crippen LogP contribution in [0.5, 0.6) is 0 Å². The van der Waals surface area contributed by atoms with Crippen LogP contribution in [0.15, 0.2) is 23.4 Å². The third-order valence-corrected chi connectivity index (χ3v) is 4.27. The molecule has 1 saturated heterocycles. The van der Waals surface area contributed by atoms with E-state index in [1.54, 1.807) is 12.4 Å². The smallest absolute Gasteiger partial charge is 0.407 e. The molecule has 1 aromatic rings. The summed E-state index contributed by atoms with van der Waals surface area (Å²) in [4.78, 5) is 19.2. The molecular weight excluding hydrogens is 324 g/mol. The molecule has 24 heavy (non-hydrogen) atoms. The average Bonchev–Trinajstić information content (AvgIpc) is 2.45. The number of piperidine rings is 1. The van der Waals surface area contributed by atoms with Gasteiger partial charge in [0.25, 0.3) is 0 Å². The predicted octanol–water partition coefficient (Wildman–Crippen LogP) is 3.39. The molecule has 6 nitrogen and oxygen atoms in total. The van der Waals surface area contributed by atoms with Crippen LogP contribution in [0.4, 0.5) is 10.5 Å². The minimum atomic E-state index is -0.508. The quantitative estimate of drug-likeness (QED) is 0.666. The average molecular weight is 348 g/mol. The number of hydrogen-bond acceptors (Lipinski definition) is 6. The first-order chi connectivity index (χ1) is 11.3. The number of anilines is 1. The molecule has 0 saturated carbocycles. The predicted molar refractivity (Wildman–Crippen MR) is 94.9 cm³/mol. The maximum Gasteiger partial charge on any atom is 0.407 e. The molecular formula is C17H24N4O2S. The molecule has 1 aliphatic rings. The Morgan fingerprint density at radius 1 is 1.50 bits per heavy atom. The lowest BCUT2D eigenvalue weighted by Crippen LogP contribution is -2.51. The summed E-state index contributed by atoms with van der Waals surface area (Å²) in [5.74, 6) is 0.423. The highest BCUT2D eigenvalue weighted by molar-refractivity contribution is 8.03. The van der Waals surface area contributed by atoms with Gasteiger partial charge >= 0.3 is 6.09 Å². The fourth-order valence-electron chi connectivity index (χ4n) is 2.89. The van der Waals surface area contributed by atoms with Gasteiger partial charge in [-0.3, -0.25) is 4.98 Å². The number of thioether (sulfide) groups is 1. The van der Waals surface area contributed by atoms with Gasteiger partial charge in [0.15, 0.2) is 0 Å². The fourth-order valence-corrected chi connectivity index (χ4v) is 3.40. The monoisotopic (exact) mass is 348 g/mol. The molecule has 0 aliphatic carbocycles. The number of alkyl carbamates (subject to hydrolysis) is 1. The molecule has 1 amide bonds. The Balaban J connectivity index is 2.08. The summed E-state index contributed by atoms with van der Waals surface area (Å²) >= 11 is 1.11. The number of amides is 1. The number of nitrogens with one attached hydrogen (secondary N) is 1. The molecule has 1 aromatic heterocycles. The van der Waals surface area contributed by atoms with E-state index in [1.807, 2.05) is 26.8 Å². The van der Waals surface area contributed by atoms with Crippen molar-refractivity contribution in [3.8, 4) is 5.40 Å². The summed E-state index contributed by atoms with van der Waals surface area (Å²) in [7, 11) is 0. The molecule has 0 radical (unpaired) electrons. The molecule has 1 fully saturated rings. The van der Waals surface area contributed by atoms with Gasteiger partial charge in [0.05, 0.1) is 10.6 Å². The van der Waals surface area contributed by atoms with Crippen molar-refractivity contribution >= 4 is 23.5 Å². The van der Waals surface area contributed by atoms with Gasteiger partial charge in [0, 0.05) is 31.5 Å². The number of rotatable bonds is 3. The third kappa shape index (κ3) is 5.31. The number of ether oxygens (including phenoxy) is 1. The van der Waals surface area contributed by atoms with Crippen LogP contribution in [0.25, 0.3) is 0 Å². The molecule has 1 aliphatic heterocycles. The minimum Gasteiger partial charge on any atom is -0.444 e. The Morgan fingerprint density at radius 2 is 2.25 bits per heavy atom. The largest absolute Gasteiger partial charge is 0.444 e. The highest BCUT2D eigenvalue weighted by Gasteiger charge is 2.28. The Labute approximate surface area is 147 Å². The van der Waals surface area contributed by atoms with Gasteiger partial charge in [-0.05, 0) is 50.9 Å². The van der Waals surface area contributed by atoms with Gasteiger partial charge in [0.1, 0.15) is 11.0 Å². The first-order valence-corrected chi connectivity index (χ1v) is 8.84. The number of aromatic nitrogens is 1. The second-order valence-electron chi connectivity index (χ2n) is 7.13. The zero-order valence-electron chi connectivity index (χ0n) is 14.6. The number of pyridine rings is 1. The van der Waals surface area contributed by atoms with Gasteiger partial charge in [-0.15, -0.1) is 0 Å². The summed E-state index contributed by atoms with van der Waals surface area (Å²) in [6.45, 7) is 9.29. The van der Waals surface area contributed by atoms with Crippen LogP contribution in [0.1, 0.15) is 34.1 Å². The summed E-state index contributed by atoms with van der Waals surface area (Å²) in [6, 6.07) is 1.93. The van der Waals surface area contributed by atoms with E-state index in [0.29, 0.717) is 12.5 Å². The van der Waals surface area contributed by atoms with Crippen molar-refractivity contribution in [3.63, 3.8) is 0 Å². The normalized spacial score (nSPS) is 21.0. The second kappa shape index (κ2) is 7.75. The molecule has 130 valence electrons. The SMILES string of the molecule is CC1CC(NC(=O)OC(C)(C)C)CN(c2ccncc2SC#N)C1. The number of nitrogens with zero attached hydrogens (tertiary/aromatic N) is 3. The number of hydrogen-bond donors (Lipinski definition) is 1. The minimum absolute atomic E-state index is 0.0108. The van der Waals surface area contributed by atoms with Gasteiger partial charge in [0.2, 0.25) is 0 Å².